The molecule has 7 fully saturated rings. The molecule has 14 heterocycles. The monoisotopic (exact) mass is 2370 g/mol. The maximum atomic E-state index is 12.9. The molecule has 4 N–H and O–H groups in total. The number of aliphatic hydroxyl groups excluding tert-OH is 4. The van der Waals surface area contributed by atoms with Crippen LogP contribution >= 0.6 is 131 Å². The molecule has 0 amide bonds. The summed E-state index contributed by atoms with van der Waals surface area (Å²) >= 11 is 22.0. The molecule has 4 radical (unpaired) electrons. The summed E-state index contributed by atoms with van der Waals surface area (Å²) in [5, 5.41) is 41.7. The third-order valence-corrected chi connectivity index (χ3v) is 32.1. The van der Waals surface area contributed by atoms with Gasteiger partial charge in [0.15, 0.2) is 43.5 Å². The van der Waals surface area contributed by atoms with Crippen LogP contribution < -0.4 is 0 Å². The average molecular weight is 2370 g/mol. The van der Waals surface area contributed by atoms with Crippen molar-refractivity contribution in [2.45, 2.75) is 216 Å². The third kappa shape index (κ3) is 37.1. The minimum atomic E-state index is -1.44. The number of thiol groups is 1. The molecular formula is C112H136B2BrIMnO22S8. The second-order valence-corrected chi connectivity index (χ2v) is 45.3. The molecule has 0 spiro atoms. The van der Waals surface area contributed by atoms with Crippen LogP contribution in [0.2, 0.25) is 0 Å². The van der Waals surface area contributed by atoms with Gasteiger partial charge in [0.25, 0.3) is 0 Å². The van der Waals surface area contributed by atoms with Gasteiger partial charge in [-0.2, -0.15) is 0 Å². The van der Waals surface area contributed by atoms with E-state index in [0.717, 1.165) is 208 Å². The summed E-state index contributed by atoms with van der Waals surface area (Å²) in [5.41, 5.74) is 17.7. The SMILES string of the molecule is C.C.CCCc1ccccc1C(=O)c1cc(C2OCCO2)sc1C.CCCc1ccccc1C(O)c1cc(C2OCCO2)sc1C.CCCc1ccccc1C=O.Cc1sc(C2OCCO2)cc1Br.Cc1sc(C2OCCO2)cc1[C@@H]1OCCc2ccccc21.Cc1sc(C2OCCO2)cc1[C@H](O)c1ccccc1CCI.Cc1sc(C2OCCO2)cc1[C@H](O)c1ccccc1CCO.[B]C(=S)S.[B]C1CCCO1.[O]=[Mn]=[O]. The maximum absolute atomic E-state index is 12.9. The van der Waals surface area contributed by atoms with Crippen LogP contribution in [0.5, 0.6) is 0 Å². The van der Waals surface area contributed by atoms with Crippen molar-refractivity contribution < 1.29 is 119 Å². The predicted molar refractivity (Wildman–Crippen MR) is 603 cm³/mol. The average Bonchev–Trinajstić information content (AvgIpc) is 1.77. The van der Waals surface area contributed by atoms with E-state index < -0.39 is 33.1 Å². The number of ether oxygens (including phenoxy) is 14. The molecule has 2 unspecified atom stereocenters. The van der Waals surface area contributed by atoms with E-state index in [4.69, 9.17) is 89.7 Å². The van der Waals surface area contributed by atoms with Gasteiger partial charge in [0.1, 0.15) is 46.4 Å². The topological polar surface area (TPSA) is 278 Å². The molecule has 791 valence electrons. The van der Waals surface area contributed by atoms with Gasteiger partial charge >= 0.3 is 22.5 Å². The second-order valence-electron chi connectivity index (χ2n) is 34.2. The van der Waals surface area contributed by atoms with E-state index in [1.165, 1.54) is 37.6 Å². The van der Waals surface area contributed by atoms with E-state index in [2.05, 4.69) is 147 Å². The van der Waals surface area contributed by atoms with E-state index in [1.807, 2.05) is 161 Å². The fourth-order valence-electron chi connectivity index (χ4n) is 17.1. The molecule has 12 aromatic rings. The summed E-state index contributed by atoms with van der Waals surface area (Å²) in [6.45, 7) is 28.2. The normalized spacial score (nSPS) is 17.1. The van der Waals surface area contributed by atoms with Gasteiger partial charge in [-0.15, -0.1) is 80.6 Å². The molecule has 22 nitrogen and oxygen atoms in total. The van der Waals surface area contributed by atoms with Gasteiger partial charge in [0.05, 0.1) is 115 Å². The second kappa shape index (κ2) is 66.3. The van der Waals surface area contributed by atoms with Crippen molar-refractivity contribution in [1.29, 1.82) is 0 Å². The number of fused-ring (bicyclic) bond motifs is 1. The molecule has 6 aromatic carbocycles. The molecule has 0 aliphatic carbocycles. The summed E-state index contributed by atoms with van der Waals surface area (Å²) in [6.07, 6.45) is 8.39. The van der Waals surface area contributed by atoms with Crippen LogP contribution in [-0.2, 0) is 127 Å². The number of alkyl halides is 1. The van der Waals surface area contributed by atoms with Crippen molar-refractivity contribution in [3.05, 3.63) is 340 Å². The van der Waals surface area contributed by atoms with Crippen LogP contribution in [0, 0.1) is 41.5 Å². The van der Waals surface area contributed by atoms with E-state index in [-0.39, 0.29) is 81.2 Å². The molecule has 147 heavy (non-hydrogen) atoms. The van der Waals surface area contributed by atoms with Crippen molar-refractivity contribution in [2.75, 3.05) is 104 Å². The first-order chi connectivity index (χ1) is 70.3. The summed E-state index contributed by atoms with van der Waals surface area (Å²) in [4.78, 5) is 36.6. The number of hydrogen-bond acceptors (Lipinski definition) is 29. The number of aliphatic hydroxyl groups is 4. The fourth-order valence-corrected chi connectivity index (χ4v) is 24.5. The first kappa shape index (κ1) is 125. The number of benzene rings is 6. The molecule has 20 rings (SSSR count). The summed E-state index contributed by atoms with van der Waals surface area (Å²) < 4.78 is 96.5. The number of thiophene rings is 6. The Morgan fingerprint density at radius 3 is 1.16 bits per heavy atom. The van der Waals surface area contributed by atoms with Crippen molar-refractivity contribution in [1.82, 2.24) is 0 Å². The quantitative estimate of drug-likeness (QED) is 0.00641. The molecular weight excluding hydrogens is 2240 g/mol. The first-order valence-corrected chi connectivity index (χ1v) is 57.6. The Balaban J connectivity index is 0.000000188. The summed E-state index contributed by atoms with van der Waals surface area (Å²) in [5.74, 6) is 0.0991. The molecule has 5 atom stereocenters. The minimum absolute atomic E-state index is 0. The first-order valence-electron chi connectivity index (χ1n) is 48.5. The van der Waals surface area contributed by atoms with Crippen LogP contribution in [0.25, 0.3) is 0 Å². The zero-order valence-electron chi connectivity index (χ0n) is 83.1. The Hall–Kier alpha value is -5.96. The number of carbonyl (C=O) groups excluding carboxylic acids is 2. The molecule has 6 aromatic heterocycles. The zero-order valence-corrected chi connectivity index (χ0v) is 94.6. The Morgan fingerprint density at radius 1 is 0.429 bits per heavy atom. The number of halogens is 2. The Morgan fingerprint density at radius 2 is 0.769 bits per heavy atom. The molecule has 0 saturated carbocycles. The van der Waals surface area contributed by atoms with E-state index in [9.17, 15) is 30.0 Å². The van der Waals surface area contributed by atoms with Crippen LogP contribution in [0.15, 0.2) is 186 Å². The van der Waals surface area contributed by atoms with Gasteiger partial charge in [0, 0.05) is 74.1 Å². The number of hydrogen-bond donors (Lipinski definition) is 5. The predicted octanol–water partition coefficient (Wildman–Crippen LogP) is 26.1. The van der Waals surface area contributed by atoms with Crippen LogP contribution in [0.1, 0.15) is 293 Å². The van der Waals surface area contributed by atoms with Gasteiger partial charge in [-0.3, -0.25) is 9.59 Å². The Kier molecular flexibility index (Phi) is 56.2. The summed E-state index contributed by atoms with van der Waals surface area (Å²) in [7, 11) is 10.0. The van der Waals surface area contributed by atoms with E-state index in [1.54, 1.807) is 68.0 Å². The van der Waals surface area contributed by atoms with Gasteiger partial charge < -0.3 is 86.7 Å². The fraction of sp³-hybridized carbons (Fsp3) is 0.438. The number of ketones is 1. The third-order valence-electron chi connectivity index (χ3n) is 24.0. The van der Waals surface area contributed by atoms with Crippen molar-refractivity contribution >= 4 is 163 Å². The number of aldehydes is 1. The molecule has 35 heteroatoms. The number of rotatable bonds is 26. The van der Waals surface area contributed by atoms with Crippen molar-refractivity contribution in [3.8, 4) is 0 Å². The van der Waals surface area contributed by atoms with Crippen LogP contribution in [0.4, 0.5) is 0 Å². The Labute approximate surface area is 932 Å². The van der Waals surface area contributed by atoms with Crippen molar-refractivity contribution in [3.63, 3.8) is 0 Å². The molecule has 7 saturated heterocycles. The number of thiocarbonyl (C=S) groups is 1. The van der Waals surface area contributed by atoms with Gasteiger partial charge in [-0.05, 0) is 227 Å². The zero-order chi connectivity index (χ0) is 104. The van der Waals surface area contributed by atoms with E-state index in [0.29, 0.717) is 85.7 Å². The molecule has 8 aliphatic heterocycles. The van der Waals surface area contributed by atoms with Crippen molar-refractivity contribution in [2.24, 2.45) is 0 Å². The van der Waals surface area contributed by atoms with Gasteiger partial charge in [0.2, 0.25) is 0 Å². The Bertz CT molecular complexity index is 5710. The standard InChI is InChI=1S/C18H22O3S.C18H20O3S.C17H19IO3S.C17H20O4S.C17H18O3S.C10H12O.C8H9BrO2S.C4H7BO.CHBS2.2CH4.Mn.2O/c2*1-3-6-13-7-4-5-8-14(13)17(19)15-11-16(22-12(15)2)18-20-9-10-21-18;2*1-11-14(10-15(22-11)17-20-8-9-21-17)16(19)13-5-3-2-4-12(13)6-7-18;1-11-14(10-15(21-11)17-19-8-9-20-17)16-13-5-3-2-4-12(13)6-7-18-16;1-2-5-9-6-3-4-7-10(9)8-11;1-5-6(9)4-7(12-5)8-10-2-3-11-8;5-4-2-1-3-6-4;2-1(3)4;;;;;/h4-5,7-8,11,17-19H,3,6,9-10H2,1-2H3;4-5,7-8,11,18H,3,6,9-10H2,1-2H3;2-5,10,16-17,19H,6-9H2,1H3;2-5,10,16-19H,6-9H2,1H3;2-5,10,16-17H,6-9H2,1H3;3-4,6-8H,2,5H2,1H3;4,8H,2-3H2,1H3;4H,1-3H2;(H,3,4);2*1H4;;;/t;;3*16-;;;;;;;;;/m..111........./s1. The number of aryl methyl sites for hydroxylation is 10. The van der Waals surface area contributed by atoms with Gasteiger partial charge in [-0.25, -0.2) is 0 Å². The number of carbonyl (C=O) groups is 2. The van der Waals surface area contributed by atoms with Crippen LogP contribution in [0.3, 0.4) is 0 Å². The molecule has 8 aliphatic rings. The van der Waals surface area contributed by atoms with Gasteiger partial charge in [-0.1, -0.05) is 235 Å². The van der Waals surface area contributed by atoms with E-state index >= 15 is 0 Å². The summed E-state index contributed by atoms with van der Waals surface area (Å²) in [6, 6.07) is 60.4. The van der Waals surface area contributed by atoms with Crippen LogP contribution in [-0.4, -0.2) is 162 Å². The molecule has 0 bridgehead atoms.